The quantitative estimate of drug-likeness (QED) is 0.652. The van der Waals surface area contributed by atoms with Crippen LogP contribution in [0.3, 0.4) is 0 Å². The maximum absolute atomic E-state index is 11.5. The summed E-state index contributed by atoms with van der Waals surface area (Å²) >= 11 is 5.56. The van der Waals surface area contributed by atoms with Crippen LogP contribution in [0.4, 0.5) is 0 Å². The molecule has 15 heavy (non-hydrogen) atoms. The molecule has 0 radical (unpaired) electrons. The highest BCUT2D eigenvalue weighted by molar-refractivity contribution is 7.89. The van der Waals surface area contributed by atoms with E-state index in [4.69, 9.17) is 11.6 Å². The molecule has 4 nitrogen and oxygen atoms in total. The first-order valence-corrected chi connectivity index (χ1v) is 7.31. The van der Waals surface area contributed by atoms with E-state index in [0.29, 0.717) is 12.4 Å². The molecule has 0 heterocycles. The first-order chi connectivity index (χ1) is 6.91. The van der Waals surface area contributed by atoms with Gasteiger partial charge in [-0.05, 0) is 19.5 Å². The molecule has 0 aromatic carbocycles. The smallest absolute Gasteiger partial charge is 0.211 e. The summed E-state index contributed by atoms with van der Waals surface area (Å²) in [6.45, 7) is 5.96. The van der Waals surface area contributed by atoms with Gasteiger partial charge in [-0.3, -0.25) is 0 Å². The van der Waals surface area contributed by atoms with Gasteiger partial charge >= 0.3 is 0 Å². The molecule has 0 saturated carbocycles. The van der Waals surface area contributed by atoms with Crippen molar-refractivity contribution in [3.63, 3.8) is 0 Å². The first-order valence-electron chi connectivity index (χ1n) is 5.13. The highest BCUT2D eigenvalue weighted by Crippen LogP contribution is 2.01. The van der Waals surface area contributed by atoms with Gasteiger partial charge in [0.15, 0.2) is 0 Å². The van der Waals surface area contributed by atoms with Crippen molar-refractivity contribution >= 4 is 21.6 Å². The Morgan fingerprint density at radius 3 is 2.53 bits per heavy atom. The van der Waals surface area contributed by atoms with Gasteiger partial charge in [-0.25, -0.2) is 13.1 Å². The lowest BCUT2D eigenvalue weighted by atomic mass is 10.3. The Labute approximate surface area is 98.0 Å². The number of alkyl halides is 1. The minimum absolute atomic E-state index is 0.00642. The average Bonchev–Trinajstić information content (AvgIpc) is 2.16. The number of nitrogens with one attached hydrogen (secondary N) is 1. The molecule has 0 rings (SSSR count). The van der Waals surface area contributed by atoms with Crippen molar-refractivity contribution in [3.8, 4) is 0 Å². The fraction of sp³-hybridized carbons (Fsp3) is 1.00. The van der Waals surface area contributed by atoms with Crippen LogP contribution in [-0.2, 0) is 10.0 Å². The van der Waals surface area contributed by atoms with Crippen LogP contribution in [0.15, 0.2) is 0 Å². The molecule has 0 saturated heterocycles. The van der Waals surface area contributed by atoms with Crippen molar-refractivity contribution in [1.29, 1.82) is 0 Å². The van der Waals surface area contributed by atoms with Crippen LogP contribution in [0, 0.1) is 5.92 Å². The zero-order chi connectivity index (χ0) is 11.9. The van der Waals surface area contributed by atoms with E-state index in [-0.39, 0.29) is 11.7 Å². The summed E-state index contributed by atoms with van der Waals surface area (Å²) in [5.74, 6) is 0.468. The van der Waals surface area contributed by atoms with Crippen molar-refractivity contribution < 1.29 is 8.42 Å². The molecule has 0 fully saturated rings. The Hall–Kier alpha value is 0.160. The number of rotatable bonds is 8. The maximum atomic E-state index is 11.5. The maximum Gasteiger partial charge on any atom is 0.211 e. The van der Waals surface area contributed by atoms with Crippen LogP contribution < -0.4 is 4.72 Å². The van der Waals surface area contributed by atoms with Gasteiger partial charge in [0.1, 0.15) is 0 Å². The number of likely N-dealkylation sites (N-methyl/N-ethyl adjacent to an activating group) is 1. The summed E-state index contributed by atoms with van der Waals surface area (Å²) in [4.78, 5) is 2.05. The van der Waals surface area contributed by atoms with E-state index in [0.717, 1.165) is 13.1 Å². The van der Waals surface area contributed by atoms with Crippen molar-refractivity contribution in [2.75, 3.05) is 38.3 Å². The van der Waals surface area contributed by atoms with E-state index in [2.05, 4.69) is 4.72 Å². The highest BCUT2D eigenvalue weighted by Gasteiger charge is 2.14. The lowest BCUT2D eigenvalue weighted by Gasteiger charge is -2.15. The minimum Gasteiger partial charge on any atom is -0.305 e. The van der Waals surface area contributed by atoms with Gasteiger partial charge in [0.05, 0.1) is 5.75 Å². The van der Waals surface area contributed by atoms with Crippen molar-refractivity contribution in [2.24, 2.45) is 5.92 Å². The van der Waals surface area contributed by atoms with E-state index in [1.54, 1.807) is 0 Å². The molecular formula is C9H21ClN2O2S. The highest BCUT2D eigenvalue weighted by atomic mass is 35.5. The van der Waals surface area contributed by atoms with Crippen molar-refractivity contribution in [1.82, 2.24) is 9.62 Å². The summed E-state index contributed by atoms with van der Waals surface area (Å²) < 4.78 is 25.5. The molecule has 0 aliphatic heterocycles. The number of halogens is 1. The van der Waals surface area contributed by atoms with Crippen LogP contribution in [0.2, 0.25) is 0 Å². The minimum atomic E-state index is -3.16. The number of hydrogen-bond donors (Lipinski definition) is 1. The van der Waals surface area contributed by atoms with Crippen LogP contribution in [0.1, 0.15) is 13.8 Å². The predicted molar refractivity (Wildman–Crippen MR) is 64.8 cm³/mol. The SMILES string of the molecule is CCN(C)CCNS(=O)(=O)CC(C)CCl. The van der Waals surface area contributed by atoms with Crippen LogP contribution in [0.5, 0.6) is 0 Å². The summed E-state index contributed by atoms with van der Waals surface area (Å²) in [6, 6.07) is 0. The Balaban J connectivity index is 3.85. The second kappa shape index (κ2) is 7.44. The lowest BCUT2D eigenvalue weighted by molar-refractivity contribution is 0.357. The first kappa shape index (κ1) is 15.2. The fourth-order valence-corrected chi connectivity index (χ4v) is 2.65. The molecule has 1 N–H and O–H groups in total. The third-order valence-electron chi connectivity index (χ3n) is 2.12. The second-order valence-corrected chi connectivity index (χ2v) is 5.99. The van der Waals surface area contributed by atoms with Crippen molar-refractivity contribution in [2.45, 2.75) is 13.8 Å². The molecule has 0 aliphatic carbocycles. The van der Waals surface area contributed by atoms with Crippen molar-refractivity contribution in [3.05, 3.63) is 0 Å². The van der Waals surface area contributed by atoms with E-state index >= 15 is 0 Å². The summed E-state index contributed by atoms with van der Waals surface area (Å²) in [7, 11) is -1.20. The van der Waals surface area contributed by atoms with Gasteiger partial charge in [0.2, 0.25) is 10.0 Å². The Kier molecular flexibility index (Phi) is 7.52. The Morgan fingerprint density at radius 1 is 1.47 bits per heavy atom. The summed E-state index contributed by atoms with van der Waals surface area (Å²) in [5.41, 5.74) is 0. The third-order valence-corrected chi connectivity index (χ3v) is 4.30. The van der Waals surface area contributed by atoms with E-state index < -0.39 is 10.0 Å². The van der Waals surface area contributed by atoms with Crippen LogP contribution in [0.25, 0.3) is 0 Å². The standard InChI is InChI=1S/C9H21ClN2O2S/c1-4-12(3)6-5-11-15(13,14)8-9(2)7-10/h9,11H,4-8H2,1-3H3. The molecule has 0 aromatic rings. The van der Waals surface area contributed by atoms with Gasteiger partial charge in [-0.1, -0.05) is 13.8 Å². The topological polar surface area (TPSA) is 49.4 Å². The van der Waals surface area contributed by atoms with Gasteiger partial charge in [0, 0.05) is 19.0 Å². The molecule has 92 valence electrons. The third kappa shape index (κ3) is 8.02. The molecule has 0 aliphatic rings. The monoisotopic (exact) mass is 256 g/mol. The second-order valence-electron chi connectivity index (χ2n) is 3.83. The van der Waals surface area contributed by atoms with Crippen LogP contribution in [-0.4, -0.2) is 51.6 Å². The summed E-state index contributed by atoms with van der Waals surface area (Å²) in [6.07, 6.45) is 0. The van der Waals surface area contributed by atoms with E-state index in [9.17, 15) is 8.42 Å². The summed E-state index contributed by atoms with van der Waals surface area (Å²) in [5, 5.41) is 0. The normalized spacial score (nSPS) is 14.5. The fourth-order valence-electron chi connectivity index (χ4n) is 1.03. The molecule has 1 atom stereocenters. The molecule has 1 unspecified atom stereocenters. The van der Waals surface area contributed by atoms with Gasteiger partial charge in [-0.15, -0.1) is 11.6 Å². The number of nitrogens with zero attached hydrogens (tertiary/aromatic N) is 1. The van der Waals surface area contributed by atoms with Gasteiger partial charge in [-0.2, -0.15) is 0 Å². The lowest BCUT2D eigenvalue weighted by Crippen LogP contribution is -2.35. The molecular weight excluding hydrogens is 236 g/mol. The van der Waals surface area contributed by atoms with Gasteiger partial charge in [0.25, 0.3) is 0 Å². The number of hydrogen-bond acceptors (Lipinski definition) is 3. The van der Waals surface area contributed by atoms with Gasteiger partial charge < -0.3 is 4.90 Å². The number of sulfonamides is 1. The Morgan fingerprint density at radius 2 is 2.07 bits per heavy atom. The molecule has 0 bridgehead atoms. The molecule has 0 amide bonds. The Bertz CT molecular complexity index is 257. The largest absolute Gasteiger partial charge is 0.305 e. The molecule has 0 aromatic heterocycles. The zero-order valence-corrected chi connectivity index (χ0v) is 11.2. The van der Waals surface area contributed by atoms with E-state index in [1.165, 1.54) is 0 Å². The molecule has 0 spiro atoms. The predicted octanol–water partition coefficient (Wildman–Crippen LogP) is 0.732. The van der Waals surface area contributed by atoms with Crippen LogP contribution >= 0.6 is 11.6 Å². The molecule has 6 heteroatoms. The average molecular weight is 257 g/mol. The zero-order valence-electron chi connectivity index (χ0n) is 9.66. The van der Waals surface area contributed by atoms with E-state index in [1.807, 2.05) is 25.8 Å².